The summed E-state index contributed by atoms with van der Waals surface area (Å²) in [5.41, 5.74) is 0. The van der Waals surface area contributed by atoms with Gasteiger partial charge in [-0.2, -0.15) is 0 Å². The van der Waals surface area contributed by atoms with Crippen molar-refractivity contribution < 1.29 is 80.0 Å². The van der Waals surface area contributed by atoms with Gasteiger partial charge in [0.2, 0.25) is 0 Å². The van der Waals surface area contributed by atoms with E-state index in [1.54, 1.807) is 27.7 Å². The SMILES string of the molecule is CCP(=O)([O-])CCO.CCP(=O)([O-])CCO.CCP(=O)([O-])CCO.CCP(=O)([O-])CCO.[Ti+4]. The van der Waals surface area contributed by atoms with Crippen molar-refractivity contribution >= 4 is 29.5 Å². The first-order chi connectivity index (χ1) is 14.5. The Hall–Kier alpha value is 1.31. The van der Waals surface area contributed by atoms with Crippen LogP contribution in [0.2, 0.25) is 0 Å². The van der Waals surface area contributed by atoms with Crippen molar-refractivity contribution in [3.8, 4) is 0 Å². The summed E-state index contributed by atoms with van der Waals surface area (Å²) in [6, 6.07) is 0. The van der Waals surface area contributed by atoms with Gasteiger partial charge in [0, 0.05) is 80.6 Å². The van der Waals surface area contributed by atoms with Crippen molar-refractivity contribution in [1.82, 2.24) is 0 Å². The van der Waals surface area contributed by atoms with E-state index in [0.717, 1.165) is 0 Å². The van der Waals surface area contributed by atoms with E-state index in [9.17, 15) is 37.8 Å². The van der Waals surface area contributed by atoms with E-state index in [0.29, 0.717) is 0 Å². The molecule has 0 aliphatic carbocycles. The molecule has 0 radical (unpaired) electrons. The fourth-order valence-electron chi connectivity index (χ4n) is 1.24. The van der Waals surface area contributed by atoms with E-state index in [-0.39, 0.29) is 97.4 Å². The molecule has 0 bridgehead atoms. The Balaban J connectivity index is -0.000000105. The summed E-state index contributed by atoms with van der Waals surface area (Å²) in [7, 11) is -12.7. The number of aliphatic hydroxyl groups is 4. The van der Waals surface area contributed by atoms with Crippen LogP contribution in [0.1, 0.15) is 27.7 Å². The fraction of sp³-hybridized carbons (Fsp3) is 1.00. The molecule has 0 heterocycles. The number of hydrogen-bond acceptors (Lipinski definition) is 12. The van der Waals surface area contributed by atoms with E-state index in [1.165, 1.54) is 0 Å². The molecule has 0 aliphatic heterocycles. The maximum absolute atomic E-state index is 10.5. The van der Waals surface area contributed by atoms with Crippen LogP contribution in [0.5, 0.6) is 0 Å². The van der Waals surface area contributed by atoms with Crippen LogP contribution in [-0.2, 0) is 40.0 Å². The Labute approximate surface area is 212 Å². The van der Waals surface area contributed by atoms with Gasteiger partial charge in [-0.3, -0.25) is 0 Å². The quantitative estimate of drug-likeness (QED) is 0.149. The van der Waals surface area contributed by atoms with Crippen LogP contribution in [0.15, 0.2) is 0 Å². The van der Waals surface area contributed by atoms with Gasteiger partial charge in [0.15, 0.2) is 0 Å². The molecule has 17 heteroatoms. The largest absolute Gasteiger partial charge is 4.00 e. The molecule has 0 aromatic carbocycles. The van der Waals surface area contributed by atoms with Gasteiger partial charge in [-0.05, 0) is 24.6 Å². The molecule has 0 aromatic rings. The minimum Gasteiger partial charge on any atom is -0.799 e. The molecule has 0 spiro atoms. The second kappa shape index (κ2) is 25.0. The molecule has 4 unspecified atom stereocenters. The first-order valence-electron chi connectivity index (χ1n) is 10.1. The van der Waals surface area contributed by atoms with Crippen molar-refractivity contribution in [3.05, 3.63) is 0 Å². The zero-order chi connectivity index (χ0) is 26.5. The third kappa shape index (κ3) is 38.0. The molecule has 33 heavy (non-hydrogen) atoms. The molecule has 0 fully saturated rings. The minimum absolute atomic E-state index is 0. The Morgan fingerprint density at radius 1 is 0.455 bits per heavy atom. The van der Waals surface area contributed by atoms with Gasteiger partial charge in [0.1, 0.15) is 0 Å². The van der Waals surface area contributed by atoms with Crippen LogP contribution in [0.4, 0.5) is 0 Å². The molecule has 12 nitrogen and oxygen atoms in total. The van der Waals surface area contributed by atoms with Gasteiger partial charge in [-0.15, -0.1) is 0 Å². The van der Waals surface area contributed by atoms with Crippen molar-refractivity contribution in [3.63, 3.8) is 0 Å². The van der Waals surface area contributed by atoms with Gasteiger partial charge in [-0.1, -0.05) is 27.7 Å². The molecule has 0 saturated heterocycles. The second-order valence-electron chi connectivity index (χ2n) is 6.31. The van der Waals surface area contributed by atoms with Gasteiger partial charge in [0.25, 0.3) is 0 Å². The summed E-state index contributed by atoms with van der Waals surface area (Å²) in [6.07, 6.45) is 0.266. The molecular weight excluding hydrogens is 556 g/mol. The number of hydrogen-bond donors (Lipinski definition) is 4. The van der Waals surface area contributed by atoms with Crippen molar-refractivity contribution in [1.29, 1.82) is 0 Å². The molecular formula is C16H40O12P4Ti. The fourth-order valence-corrected chi connectivity index (χ4v) is 3.73. The van der Waals surface area contributed by atoms with E-state index in [2.05, 4.69) is 0 Å². The predicted molar refractivity (Wildman–Crippen MR) is 120 cm³/mol. The normalized spacial score (nSPS) is 17.3. The Morgan fingerprint density at radius 2 is 0.576 bits per heavy atom. The Morgan fingerprint density at radius 3 is 0.606 bits per heavy atom. The van der Waals surface area contributed by atoms with Crippen LogP contribution >= 0.6 is 29.5 Å². The molecule has 200 valence electrons. The molecule has 0 saturated carbocycles. The van der Waals surface area contributed by atoms with Crippen molar-refractivity contribution in [2.24, 2.45) is 0 Å². The maximum atomic E-state index is 10.5. The molecule has 4 N–H and O–H groups in total. The molecule has 4 atom stereocenters. The predicted octanol–water partition coefficient (Wildman–Crippen LogP) is -1.45. The molecule has 0 amide bonds. The first-order valence-corrected chi connectivity index (χ1v) is 18.1. The standard InChI is InChI=1S/4C4H11O3P.Ti/c4*1-2-8(6,7)4-3-5;/h4*5H,2-4H2,1H3,(H,6,7);/q;;;;+4/p-4. The topological polar surface area (TPSA) is 241 Å². The number of aliphatic hydroxyl groups excluding tert-OH is 4. The third-order valence-corrected chi connectivity index (χ3v) is 11.1. The summed E-state index contributed by atoms with van der Waals surface area (Å²) in [6.45, 7) is 5.27. The van der Waals surface area contributed by atoms with E-state index in [4.69, 9.17) is 20.4 Å². The van der Waals surface area contributed by atoms with Gasteiger partial charge >= 0.3 is 21.7 Å². The summed E-state index contributed by atoms with van der Waals surface area (Å²) < 4.78 is 41.9. The Bertz CT molecular complexity index is 516. The zero-order valence-corrected chi connectivity index (χ0v) is 25.0. The first kappa shape index (κ1) is 44.3. The van der Waals surface area contributed by atoms with E-state index < -0.39 is 29.5 Å². The van der Waals surface area contributed by atoms with Crippen LogP contribution in [-0.4, -0.2) is 96.1 Å². The zero-order valence-electron chi connectivity index (χ0n) is 19.8. The van der Waals surface area contributed by atoms with Crippen LogP contribution in [0, 0.1) is 0 Å². The third-order valence-electron chi connectivity index (χ3n) is 3.69. The number of rotatable bonds is 12. The van der Waals surface area contributed by atoms with Crippen LogP contribution in [0.3, 0.4) is 0 Å². The smallest absolute Gasteiger partial charge is 0.799 e. The van der Waals surface area contributed by atoms with Crippen LogP contribution < -0.4 is 19.6 Å². The van der Waals surface area contributed by atoms with Crippen LogP contribution in [0.25, 0.3) is 0 Å². The molecule has 0 rings (SSSR count). The monoisotopic (exact) mass is 596 g/mol. The van der Waals surface area contributed by atoms with Gasteiger partial charge in [0.05, 0.1) is 0 Å². The Kier molecular flexibility index (Phi) is 33.6. The summed E-state index contributed by atoms with van der Waals surface area (Å²) in [5.74, 6) is 0. The summed E-state index contributed by atoms with van der Waals surface area (Å²) in [4.78, 5) is 41.9. The molecule has 0 aromatic heterocycles. The van der Waals surface area contributed by atoms with E-state index >= 15 is 0 Å². The van der Waals surface area contributed by atoms with Crippen molar-refractivity contribution in [2.75, 3.05) is 75.7 Å². The van der Waals surface area contributed by atoms with Crippen molar-refractivity contribution in [2.45, 2.75) is 27.7 Å². The maximum Gasteiger partial charge on any atom is 4.00 e. The average Bonchev–Trinajstić information content (AvgIpc) is 2.69. The molecule has 0 aliphatic rings. The minimum atomic E-state index is -3.17. The second-order valence-corrected chi connectivity index (χ2v) is 17.1. The van der Waals surface area contributed by atoms with Gasteiger partial charge in [-0.25, -0.2) is 0 Å². The summed E-state index contributed by atoms with van der Waals surface area (Å²) >= 11 is 0. The van der Waals surface area contributed by atoms with E-state index in [1.807, 2.05) is 0 Å². The summed E-state index contributed by atoms with van der Waals surface area (Å²) in [5, 5.41) is 32.6. The van der Waals surface area contributed by atoms with Gasteiger partial charge < -0.3 is 58.3 Å². The average molecular weight is 596 g/mol.